The Balaban J connectivity index is 1.86. The lowest BCUT2D eigenvalue weighted by atomic mass is 10.2. The van der Waals surface area contributed by atoms with Gasteiger partial charge < -0.3 is 4.74 Å². The molecule has 0 aliphatic rings. The van der Waals surface area contributed by atoms with Crippen LogP contribution in [-0.4, -0.2) is 34.2 Å². The van der Waals surface area contributed by atoms with Crippen LogP contribution in [0, 0.1) is 5.82 Å². The SMILES string of the molecule is COc1ccc(S(=O)(=O)N(CC(=O)N/N=C\c2ccccc2F)c2cccc(Cl)c2)cc1. The number of hydrogen-bond donors (Lipinski definition) is 1. The number of carbonyl (C=O) groups excluding carboxylic acids is 1. The molecule has 0 radical (unpaired) electrons. The van der Waals surface area contributed by atoms with Crippen LogP contribution >= 0.6 is 11.6 Å². The van der Waals surface area contributed by atoms with Crippen molar-refractivity contribution >= 4 is 39.4 Å². The predicted octanol–water partition coefficient (Wildman–Crippen LogP) is 3.83. The van der Waals surface area contributed by atoms with E-state index in [1.165, 1.54) is 61.7 Å². The molecule has 0 aliphatic heterocycles. The molecule has 0 fully saturated rings. The molecule has 1 N–H and O–H groups in total. The van der Waals surface area contributed by atoms with E-state index in [0.29, 0.717) is 10.8 Å². The van der Waals surface area contributed by atoms with Crippen LogP contribution in [0.15, 0.2) is 82.8 Å². The lowest BCUT2D eigenvalue weighted by Crippen LogP contribution is -2.39. The lowest BCUT2D eigenvalue weighted by Gasteiger charge is -2.24. The highest BCUT2D eigenvalue weighted by atomic mass is 35.5. The number of hydrazone groups is 1. The van der Waals surface area contributed by atoms with Crippen molar-refractivity contribution in [1.82, 2.24) is 5.43 Å². The molecular weight excluding hydrogens is 457 g/mol. The minimum Gasteiger partial charge on any atom is -0.497 e. The van der Waals surface area contributed by atoms with Gasteiger partial charge in [0, 0.05) is 10.6 Å². The van der Waals surface area contributed by atoms with E-state index in [0.717, 1.165) is 10.5 Å². The van der Waals surface area contributed by atoms with Crippen molar-refractivity contribution < 1.29 is 22.3 Å². The van der Waals surface area contributed by atoms with Crippen molar-refractivity contribution in [2.24, 2.45) is 5.10 Å². The van der Waals surface area contributed by atoms with Gasteiger partial charge >= 0.3 is 0 Å². The van der Waals surface area contributed by atoms with Crippen molar-refractivity contribution in [2.45, 2.75) is 4.90 Å². The Bertz CT molecular complexity index is 1230. The smallest absolute Gasteiger partial charge is 0.264 e. The number of anilines is 1. The molecule has 3 aromatic carbocycles. The summed E-state index contributed by atoms with van der Waals surface area (Å²) >= 11 is 6.03. The number of rotatable bonds is 8. The van der Waals surface area contributed by atoms with Crippen LogP contribution < -0.4 is 14.5 Å². The Morgan fingerprint density at radius 2 is 1.84 bits per heavy atom. The van der Waals surface area contributed by atoms with E-state index in [1.807, 2.05) is 0 Å². The van der Waals surface area contributed by atoms with E-state index in [9.17, 15) is 17.6 Å². The van der Waals surface area contributed by atoms with Gasteiger partial charge in [-0.2, -0.15) is 5.10 Å². The zero-order valence-electron chi connectivity index (χ0n) is 16.9. The number of sulfonamides is 1. The normalized spacial score (nSPS) is 11.3. The molecule has 32 heavy (non-hydrogen) atoms. The van der Waals surface area contributed by atoms with E-state index in [1.54, 1.807) is 18.2 Å². The van der Waals surface area contributed by atoms with E-state index in [-0.39, 0.29) is 16.1 Å². The molecule has 166 valence electrons. The second kappa shape index (κ2) is 10.3. The second-order valence-electron chi connectivity index (χ2n) is 6.48. The van der Waals surface area contributed by atoms with E-state index >= 15 is 0 Å². The van der Waals surface area contributed by atoms with Gasteiger partial charge in [0.2, 0.25) is 0 Å². The molecule has 0 spiro atoms. The van der Waals surface area contributed by atoms with Crippen LogP contribution in [0.3, 0.4) is 0 Å². The third-order valence-corrected chi connectivity index (χ3v) is 6.35. The first-order chi connectivity index (χ1) is 15.3. The number of benzene rings is 3. The van der Waals surface area contributed by atoms with Gasteiger partial charge in [-0.1, -0.05) is 35.9 Å². The van der Waals surface area contributed by atoms with Crippen LogP contribution in [0.2, 0.25) is 5.02 Å². The summed E-state index contributed by atoms with van der Waals surface area (Å²) in [5.74, 6) is -0.749. The molecule has 0 bridgehead atoms. The van der Waals surface area contributed by atoms with Crippen molar-refractivity contribution in [2.75, 3.05) is 18.0 Å². The average Bonchev–Trinajstić information content (AvgIpc) is 2.78. The Morgan fingerprint density at radius 1 is 1.12 bits per heavy atom. The number of halogens is 2. The summed E-state index contributed by atoms with van der Waals surface area (Å²) in [5, 5.41) is 4.02. The van der Waals surface area contributed by atoms with Crippen molar-refractivity contribution in [3.05, 3.63) is 89.2 Å². The quantitative estimate of drug-likeness (QED) is 0.396. The van der Waals surface area contributed by atoms with Gasteiger partial charge in [-0.15, -0.1) is 0 Å². The van der Waals surface area contributed by atoms with Gasteiger partial charge in [0.15, 0.2) is 0 Å². The number of amides is 1. The van der Waals surface area contributed by atoms with Gasteiger partial charge in [0.05, 0.1) is 23.9 Å². The summed E-state index contributed by atoms with van der Waals surface area (Å²) in [6.45, 7) is -0.580. The number of methoxy groups -OCH3 is 1. The number of hydrogen-bond acceptors (Lipinski definition) is 5. The summed E-state index contributed by atoms with van der Waals surface area (Å²) in [7, 11) is -2.66. The van der Waals surface area contributed by atoms with Gasteiger partial charge in [0.25, 0.3) is 15.9 Å². The fourth-order valence-corrected chi connectivity index (χ4v) is 4.34. The first-order valence-electron chi connectivity index (χ1n) is 9.30. The molecule has 0 saturated carbocycles. The highest BCUT2D eigenvalue weighted by Gasteiger charge is 2.27. The largest absolute Gasteiger partial charge is 0.497 e. The maximum absolute atomic E-state index is 13.7. The number of carbonyl (C=O) groups is 1. The van der Waals surface area contributed by atoms with Crippen LogP contribution in [0.5, 0.6) is 5.75 Å². The molecule has 3 rings (SSSR count). The molecule has 7 nitrogen and oxygen atoms in total. The molecule has 0 atom stereocenters. The van der Waals surface area contributed by atoms with Crippen molar-refractivity contribution in [1.29, 1.82) is 0 Å². The monoisotopic (exact) mass is 475 g/mol. The zero-order chi connectivity index (χ0) is 23.1. The van der Waals surface area contributed by atoms with Crippen LogP contribution in [-0.2, 0) is 14.8 Å². The molecule has 0 aliphatic carbocycles. The Morgan fingerprint density at radius 3 is 2.50 bits per heavy atom. The maximum atomic E-state index is 13.7. The Hall–Kier alpha value is -3.43. The first kappa shape index (κ1) is 23.2. The lowest BCUT2D eigenvalue weighted by molar-refractivity contribution is -0.119. The van der Waals surface area contributed by atoms with Crippen molar-refractivity contribution in [3.63, 3.8) is 0 Å². The molecular formula is C22H19ClFN3O4S. The second-order valence-corrected chi connectivity index (χ2v) is 8.78. The third kappa shape index (κ3) is 5.63. The van der Waals surface area contributed by atoms with Crippen LogP contribution in [0.4, 0.5) is 10.1 Å². The fraction of sp³-hybridized carbons (Fsp3) is 0.0909. The summed E-state index contributed by atoms with van der Waals surface area (Å²) in [5.41, 5.74) is 2.59. The predicted molar refractivity (Wildman–Crippen MR) is 121 cm³/mol. The first-order valence-corrected chi connectivity index (χ1v) is 11.1. The summed E-state index contributed by atoms with van der Waals surface area (Å²) in [4.78, 5) is 12.4. The molecule has 3 aromatic rings. The zero-order valence-corrected chi connectivity index (χ0v) is 18.5. The number of nitrogens with zero attached hydrogens (tertiary/aromatic N) is 2. The minimum absolute atomic E-state index is 0.0408. The molecule has 1 amide bonds. The molecule has 0 heterocycles. The van der Waals surface area contributed by atoms with Gasteiger partial charge in [-0.25, -0.2) is 18.2 Å². The van der Waals surface area contributed by atoms with Crippen LogP contribution in [0.25, 0.3) is 0 Å². The summed E-state index contributed by atoms with van der Waals surface area (Å²) in [6, 6.07) is 17.7. The van der Waals surface area contributed by atoms with Gasteiger partial charge in [0.1, 0.15) is 18.1 Å². The molecule has 0 aromatic heterocycles. The minimum atomic E-state index is -4.13. The number of ether oxygens (including phenoxy) is 1. The third-order valence-electron chi connectivity index (χ3n) is 4.33. The topological polar surface area (TPSA) is 88.1 Å². The average molecular weight is 476 g/mol. The standard InChI is InChI=1S/C22H19ClFN3O4S/c1-31-19-9-11-20(12-10-19)32(29,30)27(18-7-4-6-17(23)13-18)15-22(28)26-25-14-16-5-2-3-8-21(16)24/h2-14H,15H2,1H3,(H,26,28)/b25-14-. The highest BCUT2D eigenvalue weighted by molar-refractivity contribution is 7.92. The molecule has 10 heteroatoms. The van der Waals surface area contributed by atoms with Gasteiger partial charge in [-0.3, -0.25) is 9.10 Å². The molecule has 0 saturated heterocycles. The maximum Gasteiger partial charge on any atom is 0.264 e. The highest BCUT2D eigenvalue weighted by Crippen LogP contribution is 2.27. The van der Waals surface area contributed by atoms with E-state index in [4.69, 9.17) is 16.3 Å². The summed E-state index contributed by atoms with van der Waals surface area (Å²) in [6.07, 6.45) is 1.13. The van der Waals surface area contributed by atoms with Gasteiger partial charge in [-0.05, 0) is 48.5 Å². The van der Waals surface area contributed by atoms with E-state index < -0.39 is 28.3 Å². The number of nitrogens with one attached hydrogen (secondary N) is 1. The van der Waals surface area contributed by atoms with Crippen molar-refractivity contribution in [3.8, 4) is 5.75 Å². The Kier molecular flexibility index (Phi) is 7.45. The fourth-order valence-electron chi connectivity index (χ4n) is 2.74. The van der Waals surface area contributed by atoms with Crippen LogP contribution in [0.1, 0.15) is 5.56 Å². The Labute approximate surface area is 190 Å². The summed E-state index contributed by atoms with van der Waals surface area (Å²) < 4.78 is 46.2. The van der Waals surface area contributed by atoms with E-state index in [2.05, 4.69) is 10.5 Å². The molecule has 0 unspecified atom stereocenters.